The maximum atomic E-state index is 13.1. The Kier molecular flexibility index (Phi) is 5.66. The molecule has 2 aliphatic heterocycles. The van der Waals surface area contributed by atoms with Crippen LogP contribution in [0.5, 0.6) is 0 Å². The van der Waals surface area contributed by atoms with Gasteiger partial charge in [0.15, 0.2) is 0 Å². The quantitative estimate of drug-likeness (QED) is 0.614. The molecule has 3 aliphatic rings. The van der Waals surface area contributed by atoms with Crippen LogP contribution in [-0.2, 0) is 20.6 Å². The maximum absolute atomic E-state index is 13.1. The second-order valence-electron chi connectivity index (χ2n) is 11.0. The van der Waals surface area contributed by atoms with Crippen molar-refractivity contribution in [3.63, 3.8) is 0 Å². The van der Waals surface area contributed by atoms with E-state index in [1.165, 1.54) is 0 Å². The van der Waals surface area contributed by atoms with Crippen molar-refractivity contribution < 1.29 is 14.1 Å². The predicted molar refractivity (Wildman–Crippen MR) is 137 cm³/mol. The van der Waals surface area contributed by atoms with E-state index < -0.39 is 23.9 Å². The first-order chi connectivity index (χ1) is 16.6. The molecule has 0 atom stereocenters. The second-order valence-corrected chi connectivity index (χ2v) is 11.0. The Bertz CT molecular complexity index is 1220. The van der Waals surface area contributed by atoms with Crippen molar-refractivity contribution in [2.24, 2.45) is 4.99 Å². The molecule has 1 saturated carbocycles. The molecule has 0 N–H and O–H groups in total. The number of aliphatic imine (C=N–C) groups is 1. The van der Waals surface area contributed by atoms with Crippen molar-refractivity contribution >= 4 is 24.3 Å². The van der Waals surface area contributed by atoms with E-state index in [9.17, 15) is 10.1 Å². The summed E-state index contributed by atoms with van der Waals surface area (Å²) in [5, 5.41) is 9.74. The third-order valence-electron chi connectivity index (χ3n) is 8.14. The summed E-state index contributed by atoms with van der Waals surface area (Å²) >= 11 is 0. The minimum absolute atomic E-state index is 0.137. The highest BCUT2D eigenvalue weighted by Gasteiger charge is 2.52. The molecule has 1 saturated heterocycles. The molecule has 2 aromatic rings. The highest BCUT2D eigenvalue weighted by molar-refractivity contribution is 6.62. The highest BCUT2D eigenvalue weighted by atomic mass is 16.7. The smallest absolute Gasteiger partial charge is 0.399 e. The van der Waals surface area contributed by atoms with E-state index in [0.29, 0.717) is 12.1 Å². The predicted octanol–water partition coefficient (Wildman–Crippen LogP) is 4.60. The standard InChI is InChI=1S/C28H32BN3O3/c1-19-31-28(14-6-7-15-28)25(33)32(19)18-20-8-10-21(11-9-20)24-16-23(13-12-22(24)17-30)29-34-26(2,3)27(4,5)35-29/h8-13,16H,6-7,14-15,18H2,1-5H3. The molecule has 7 heteroatoms. The van der Waals surface area contributed by atoms with Gasteiger partial charge in [0.25, 0.3) is 5.91 Å². The van der Waals surface area contributed by atoms with Crippen molar-refractivity contribution in [3.8, 4) is 17.2 Å². The molecule has 1 amide bonds. The first kappa shape index (κ1) is 23.8. The van der Waals surface area contributed by atoms with Crippen LogP contribution >= 0.6 is 0 Å². The summed E-state index contributed by atoms with van der Waals surface area (Å²) in [5.41, 5.74) is 2.92. The fourth-order valence-electron chi connectivity index (χ4n) is 5.28. The van der Waals surface area contributed by atoms with Crippen molar-refractivity contribution in [2.75, 3.05) is 0 Å². The zero-order chi connectivity index (χ0) is 25.0. The minimum atomic E-state index is -0.514. The minimum Gasteiger partial charge on any atom is -0.399 e. The fraction of sp³-hybridized carbons (Fsp3) is 0.464. The van der Waals surface area contributed by atoms with Crippen LogP contribution < -0.4 is 5.46 Å². The summed E-state index contributed by atoms with van der Waals surface area (Å²) in [7, 11) is -0.489. The summed E-state index contributed by atoms with van der Waals surface area (Å²) < 4.78 is 12.4. The van der Waals surface area contributed by atoms with E-state index in [2.05, 4.69) is 6.07 Å². The first-order valence-corrected chi connectivity index (χ1v) is 12.4. The number of benzene rings is 2. The largest absolute Gasteiger partial charge is 0.494 e. The molecule has 5 rings (SSSR count). The molecule has 180 valence electrons. The number of rotatable bonds is 4. The number of nitriles is 1. The van der Waals surface area contributed by atoms with Crippen LogP contribution in [0.1, 0.15) is 71.4 Å². The molecule has 2 heterocycles. The third-order valence-corrected chi connectivity index (χ3v) is 8.14. The van der Waals surface area contributed by atoms with Gasteiger partial charge in [0, 0.05) is 0 Å². The van der Waals surface area contributed by atoms with Crippen LogP contribution in [-0.4, -0.2) is 40.5 Å². The molecular weight excluding hydrogens is 437 g/mol. The van der Waals surface area contributed by atoms with Crippen LogP contribution in [0.2, 0.25) is 0 Å². The number of hydrogen-bond acceptors (Lipinski definition) is 5. The molecule has 6 nitrogen and oxygen atoms in total. The Hall–Kier alpha value is -2.95. The maximum Gasteiger partial charge on any atom is 0.494 e. The van der Waals surface area contributed by atoms with Gasteiger partial charge in [0.2, 0.25) is 0 Å². The van der Waals surface area contributed by atoms with E-state index in [-0.39, 0.29) is 5.91 Å². The van der Waals surface area contributed by atoms with Gasteiger partial charge in [-0.1, -0.05) is 49.2 Å². The SMILES string of the molecule is CC1=NC2(CCCC2)C(=O)N1Cc1ccc(-c2cc(B3OC(C)(C)C(C)(C)O3)ccc2C#N)cc1. The molecule has 0 radical (unpaired) electrons. The molecule has 2 aromatic carbocycles. The Morgan fingerprint density at radius 1 is 1.03 bits per heavy atom. The van der Waals surface area contributed by atoms with E-state index in [1.807, 2.05) is 82.0 Å². The van der Waals surface area contributed by atoms with Gasteiger partial charge in [0.05, 0.1) is 29.4 Å². The molecule has 0 unspecified atom stereocenters. The first-order valence-electron chi connectivity index (χ1n) is 12.4. The lowest BCUT2D eigenvalue weighted by molar-refractivity contribution is -0.131. The van der Waals surface area contributed by atoms with Gasteiger partial charge in [-0.3, -0.25) is 14.7 Å². The lowest BCUT2D eigenvalue weighted by atomic mass is 9.77. The normalized spacial score (nSPS) is 22.1. The third kappa shape index (κ3) is 3.99. The van der Waals surface area contributed by atoms with Gasteiger partial charge in [-0.15, -0.1) is 0 Å². The lowest BCUT2D eigenvalue weighted by Crippen LogP contribution is -2.41. The molecule has 0 aromatic heterocycles. The van der Waals surface area contributed by atoms with Crippen LogP contribution in [0.3, 0.4) is 0 Å². The molecular formula is C28H32BN3O3. The Morgan fingerprint density at radius 2 is 1.66 bits per heavy atom. The van der Waals surface area contributed by atoms with Crippen molar-refractivity contribution in [3.05, 3.63) is 53.6 Å². The fourth-order valence-corrected chi connectivity index (χ4v) is 5.28. The summed E-state index contributed by atoms with van der Waals surface area (Å²) in [6.07, 6.45) is 3.85. The molecule has 2 fully saturated rings. The number of hydrogen-bond donors (Lipinski definition) is 0. The number of carbonyl (C=O) groups excluding carboxylic acids is 1. The van der Waals surface area contributed by atoms with Gasteiger partial charge in [0.1, 0.15) is 11.4 Å². The monoisotopic (exact) mass is 469 g/mol. The zero-order valence-electron chi connectivity index (χ0n) is 21.2. The van der Waals surface area contributed by atoms with Crippen LogP contribution in [0.25, 0.3) is 11.1 Å². The lowest BCUT2D eigenvalue weighted by Gasteiger charge is -2.32. The van der Waals surface area contributed by atoms with Gasteiger partial charge in [-0.05, 0) is 75.7 Å². The molecule has 0 bridgehead atoms. The topological polar surface area (TPSA) is 74.9 Å². The van der Waals surface area contributed by atoms with E-state index >= 15 is 0 Å². The second kappa shape index (κ2) is 8.32. The average molecular weight is 469 g/mol. The van der Waals surface area contributed by atoms with Gasteiger partial charge >= 0.3 is 7.12 Å². The van der Waals surface area contributed by atoms with Gasteiger partial charge in [-0.25, -0.2) is 0 Å². The van der Waals surface area contributed by atoms with Crippen LogP contribution in [0.4, 0.5) is 0 Å². The summed E-state index contributed by atoms with van der Waals surface area (Å²) in [4.78, 5) is 19.7. The number of nitrogens with zero attached hydrogens (tertiary/aromatic N) is 3. The molecule has 35 heavy (non-hydrogen) atoms. The Balaban J connectivity index is 1.38. The summed E-state index contributed by atoms with van der Waals surface area (Å²) in [6, 6.07) is 16.1. The number of amides is 1. The van der Waals surface area contributed by atoms with Crippen LogP contribution in [0, 0.1) is 11.3 Å². The van der Waals surface area contributed by atoms with Gasteiger partial charge < -0.3 is 9.31 Å². The van der Waals surface area contributed by atoms with Crippen molar-refractivity contribution in [1.29, 1.82) is 5.26 Å². The Labute approximate surface area is 208 Å². The Morgan fingerprint density at radius 3 is 2.26 bits per heavy atom. The van der Waals surface area contributed by atoms with Crippen molar-refractivity contribution in [2.45, 2.75) is 83.6 Å². The van der Waals surface area contributed by atoms with Crippen molar-refractivity contribution in [1.82, 2.24) is 4.90 Å². The molecule has 1 spiro atoms. The zero-order valence-corrected chi connectivity index (χ0v) is 21.2. The summed E-state index contributed by atoms with van der Waals surface area (Å²) in [5.74, 6) is 0.946. The van der Waals surface area contributed by atoms with E-state index in [0.717, 1.165) is 53.7 Å². The van der Waals surface area contributed by atoms with E-state index in [1.54, 1.807) is 0 Å². The number of amidine groups is 1. The van der Waals surface area contributed by atoms with E-state index in [4.69, 9.17) is 14.3 Å². The number of carbonyl (C=O) groups is 1. The average Bonchev–Trinajstić information content (AvgIpc) is 3.45. The highest BCUT2D eigenvalue weighted by Crippen LogP contribution is 2.39. The van der Waals surface area contributed by atoms with Crippen LogP contribution in [0.15, 0.2) is 47.5 Å². The molecule has 1 aliphatic carbocycles. The van der Waals surface area contributed by atoms with Gasteiger partial charge in [-0.2, -0.15) is 5.26 Å². The summed E-state index contributed by atoms with van der Waals surface area (Å²) in [6.45, 7) is 10.6.